The molecule has 0 bridgehead atoms. The molecule has 98 valence electrons. The largest absolute Gasteiger partial charge is 0.293 e. The van der Waals surface area contributed by atoms with Crippen LogP contribution < -0.4 is 0 Å². The maximum atomic E-state index is 12.6. The zero-order valence-electron chi connectivity index (χ0n) is 11.2. The zero-order valence-corrected chi connectivity index (χ0v) is 12.0. The fourth-order valence-electron chi connectivity index (χ4n) is 3.49. The van der Waals surface area contributed by atoms with Gasteiger partial charge in [0.25, 0.3) is 0 Å². The molecule has 3 rings (SSSR count). The molecule has 1 aromatic rings. The van der Waals surface area contributed by atoms with Crippen LogP contribution in [-0.2, 0) is 12.8 Å². The number of ketones is 1. The molecule has 0 radical (unpaired) electrons. The molecule has 1 aromatic heterocycles. The van der Waals surface area contributed by atoms with Gasteiger partial charge in [-0.3, -0.25) is 4.79 Å². The van der Waals surface area contributed by atoms with E-state index >= 15 is 0 Å². The molecule has 2 aliphatic rings. The van der Waals surface area contributed by atoms with Crippen molar-refractivity contribution in [3.8, 4) is 0 Å². The third-order valence-electron chi connectivity index (χ3n) is 4.55. The van der Waals surface area contributed by atoms with Crippen LogP contribution in [0.2, 0.25) is 0 Å². The van der Waals surface area contributed by atoms with Crippen molar-refractivity contribution in [2.45, 2.75) is 58.3 Å². The van der Waals surface area contributed by atoms with Gasteiger partial charge in [-0.1, -0.05) is 19.8 Å². The first kappa shape index (κ1) is 12.4. The summed E-state index contributed by atoms with van der Waals surface area (Å²) in [5.74, 6) is 1.50. The lowest BCUT2D eigenvalue weighted by Gasteiger charge is -2.25. The van der Waals surface area contributed by atoms with E-state index in [1.165, 1.54) is 49.0 Å². The van der Waals surface area contributed by atoms with Gasteiger partial charge in [0.2, 0.25) is 0 Å². The van der Waals surface area contributed by atoms with Crippen LogP contribution in [0.15, 0.2) is 6.07 Å². The molecule has 18 heavy (non-hydrogen) atoms. The summed E-state index contributed by atoms with van der Waals surface area (Å²) in [4.78, 5) is 15.1. The second-order valence-corrected chi connectivity index (χ2v) is 7.24. The normalized spacial score (nSPS) is 27.8. The third-order valence-corrected chi connectivity index (χ3v) is 5.80. The molecule has 0 saturated heterocycles. The van der Waals surface area contributed by atoms with Crippen molar-refractivity contribution in [1.82, 2.24) is 0 Å². The average Bonchev–Trinajstić information content (AvgIpc) is 2.81. The Morgan fingerprint density at radius 1 is 1.22 bits per heavy atom. The van der Waals surface area contributed by atoms with Crippen molar-refractivity contribution in [2.24, 2.45) is 11.8 Å². The first-order valence-corrected chi connectivity index (χ1v) is 8.21. The predicted molar refractivity (Wildman–Crippen MR) is 76.4 cm³/mol. The van der Waals surface area contributed by atoms with Crippen molar-refractivity contribution in [3.05, 3.63) is 21.4 Å². The van der Waals surface area contributed by atoms with Crippen molar-refractivity contribution >= 4 is 17.1 Å². The van der Waals surface area contributed by atoms with Crippen LogP contribution in [0.1, 0.15) is 65.6 Å². The van der Waals surface area contributed by atoms with Gasteiger partial charge in [-0.25, -0.2) is 0 Å². The fraction of sp³-hybridized carbons (Fsp3) is 0.688. The maximum Gasteiger partial charge on any atom is 0.175 e. The summed E-state index contributed by atoms with van der Waals surface area (Å²) < 4.78 is 0. The van der Waals surface area contributed by atoms with Gasteiger partial charge in [0.05, 0.1) is 4.88 Å². The molecule has 2 unspecified atom stereocenters. The maximum absolute atomic E-state index is 12.6. The molecule has 0 N–H and O–H groups in total. The highest BCUT2D eigenvalue weighted by Crippen LogP contribution is 2.35. The molecular formula is C16H22OS. The second kappa shape index (κ2) is 5.16. The standard InChI is InChI=1S/C16H22OS/c1-11-5-4-7-13(9-11)16(17)15-10-12-6-2-3-8-14(12)18-15/h10-11,13H,2-9H2,1H3. The number of hydrogen-bond donors (Lipinski definition) is 0. The van der Waals surface area contributed by atoms with Crippen LogP contribution in [0.3, 0.4) is 0 Å². The van der Waals surface area contributed by atoms with Crippen molar-refractivity contribution in [3.63, 3.8) is 0 Å². The van der Waals surface area contributed by atoms with E-state index in [1.807, 2.05) is 0 Å². The highest BCUT2D eigenvalue weighted by molar-refractivity contribution is 7.14. The van der Waals surface area contributed by atoms with Gasteiger partial charge in [0.15, 0.2) is 5.78 Å². The van der Waals surface area contributed by atoms with Crippen LogP contribution in [0.25, 0.3) is 0 Å². The zero-order chi connectivity index (χ0) is 12.5. The van der Waals surface area contributed by atoms with E-state index in [0.29, 0.717) is 11.7 Å². The van der Waals surface area contributed by atoms with Gasteiger partial charge in [0.1, 0.15) is 0 Å². The first-order valence-electron chi connectivity index (χ1n) is 7.40. The Kier molecular flexibility index (Phi) is 3.56. The highest BCUT2D eigenvalue weighted by atomic mass is 32.1. The van der Waals surface area contributed by atoms with Gasteiger partial charge < -0.3 is 0 Å². The molecule has 0 amide bonds. The van der Waals surface area contributed by atoms with Gasteiger partial charge >= 0.3 is 0 Å². The average molecular weight is 262 g/mol. The topological polar surface area (TPSA) is 17.1 Å². The molecule has 1 fully saturated rings. The summed E-state index contributed by atoms with van der Waals surface area (Å²) in [5.41, 5.74) is 1.47. The molecule has 2 aliphatic carbocycles. The lowest BCUT2D eigenvalue weighted by atomic mass is 9.80. The quantitative estimate of drug-likeness (QED) is 0.710. The highest BCUT2D eigenvalue weighted by Gasteiger charge is 2.27. The number of carbonyl (C=O) groups excluding carboxylic acids is 1. The fourth-order valence-corrected chi connectivity index (χ4v) is 4.76. The summed E-state index contributed by atoms with van der Waals surface area (Å²) in [6.07, 6.45) is 9.79. The summed E-state index contributed by atoms with van der Waals surface area (Å²) in [5, 5.41) is 0. The van der Waals surface area contributed by atoms with Gasteiger partial charge in [-0.05, 0) is 56.1 Å². The number of Topliss-reactive ketones (excluding diaryl/α,β-unsaturated/α-hetero) is 1. The van der Waals surface area contributed by atoms with E-state index in [0.717, 1.165) is 23.6 Å². The Hall–Kier alpha value is -0.630. The van der Waals surface area contributed by atoms with Crippen LogP contribution in [0.4, 0.5) is 0 Å². The minimum atomic E-state index is 0.314. The van der Waals surface area contributed by atoms with Crippen LogP contribution >= 0.6 is 11.3 Å². The van der Waals surface area contributed by atoms with E-state index in [-0.39, 0.29) is 0 Å². The number of aryl methyl sites for hydroxylation is 2. The summed E-state index contributed by atoms with van der Waals surface area (Å²) >= 11 is 1.79. The van der Waals surface area contributed by atoms with Gasteiger partial charge in [-0.2, -0.15) is 0 Å². The van der Waals surface area contributed by atoms with Crippen molar-refractivity contribution in [1.29, 1.82) is 0 Å². The Morgan fingerprint density at radius 2 is 2.06 bits per heavy atom. The van der Waals surface area contributed by atoms with E-state index in [1.54, 1.807) is 11.3 Å². The van der Waals surface area contributed by atoms with E-state index in [4.69, 9.17) is 0 Å². The lowest BCUT2D eigenvalue weighted by molar-refractivity contribution is 0.0872. The minimum Gasteiger partial charge on any atom is -0.293 e. The predicted octanol–water partition coefficient (Wildman–Crippen LogP) is 4.64. The number of hydrogen-bond acceptors (Lipinski definition) is 2. The number of fused-ring (bicyclic) bond motifs is 1. The first-order chi connectivity index (χ1) is 8.74. The summed E-state index contributed by atoms with van der Waals surface area (Å²) in [7, 11) is 0. The Labute approximate surface area is 114 Å². The molecular weight excluding hydrogens is 240 g/mol. The molecule has 0 aromatic carbocycles. The van der Waals surface area contributed by atoms with E-state index in [2.05, 4.69) is 13.0 Å². The molecule has 1 saturated carbocycles. The lowest BCUT2D eigenvalue weighted by Crippen LogP contribution is -2.21. The molecule has 1 nitrogen and oxygen atoms in total. The number of thiophene rings is 1. The smallest absolute Gasteiger partial charge is 0.175 e. The Balaban J connectivity index is 1.77. The van der Waals surface area contributed by atoms with E-state index < -0.39 is 0 Å². The SMILES string of the molecule is CC1CCCC(C(=O)c2cc3c(s2)CCCC3)C1. The Bertz CT molecular complexity index is 422. The van der Waals surface area contributed by atoms with Crippen LogP contribution in [-0.4, -0.2) is 5.78 Å². The van der Waals surface area contributed by atoms with Gasteiger partial charge in [0, 0.05) is 10.8 Å². The monoisotopic (exact) mass is 262 g/mol. The second-order valence-electron chi connectivity index (χ2n) is 6.10. The number of carbonyl (C=O) groups is 1. The summed E-state index contributed by atoms with van der Waals surface area (Å²) in [6, 6.07) is 2.21. The number of rotatable bonds is 2. The van der Waals surface area contributed by atoms with Gasteiger partial charge in [-0.15, -0.1) is 11.3 Å². The molecule has 2 atom stereocenters. The Morgan fingerprint density at radius 3 is 2.83 bits per heavy atom. The van der Waals surface area contributed by atoms with Crippen LogP contribution in [0.5, 0.6) is 0 Å². The van der Waals surface area contributed by atoms with Crippen molar-refractivity contribution in [2.75, 3.05) is 0 Å². The minimum absolute atomic E-state index is 0.314. The molecule has 0 aliphatic heterocycles. The van der Waals surface area contributed by atoms with E-state index in [9.17, 15) is 4.79 Å². The summed E-state index contributed by atoms with van der Waals surface area (Å²) in [6.45, 7) is 2.29. The molecule has 1 heterocycles. The third kappa shape index (κ3) is 2.40. The van der Waals surface area contributed by atoms with Crippen molar-refractivity contribution < 1.29 is 4.79 Å². The molecule has 0 spiro atoms. The molecule has 2 heteroatoms. The van der Waals surface area contributed by atoms with Crippen LogP contribution in [0, 0.1) is 11.8 Å².